The van der Waals surface area contributed by atoms with Crippen LogP contribution in [0.15, 0.2) is 24.3 Å². The van der Waals surface area contributed by atoms with Gasteiger partial charge in [-0.25, -0.2) is 4.39 Å². The molecule has 0 aliphatic heterocycles. The van der Waals surface area contributed by atoms with Gasteiger partial charge in [-0.15, -0.1) is 0 Å². The van der Waals surface area contributed by atoms with Crippen LogP contribution in [-0.4, -0.2) is 11.9 Å². The van der Waals surface area contributed by atoms with E-state index in [0.717, 1.165) is 0 Å². The highest BCUT2D eigenvalue weighted by atomic mass is 19.1. The van der Waals surface area contributed by atoms with Gasteiger partial charge < -0.3 is 5.32 Å². The molecule has 3 nitrogen and oxygen atoms in total. The number of hydrogen-bond acceptors (Lipinski definition) is 2. The smallest absolute Gasteiger partial charge is 0.224 e. The zero-order valence-electron chi connectivity index (χ0n) is 9.03. The molecule has 1 amide bonds. The minimum Gasteiger partial charge on any atom is -0.352 e. The molecule has 0 fully saturated rings. The first-order valence-electron chi connectivity index (χ1n) is 5.02. The minimum atomic E-state index is -0.352. The van der Waals surface area contributed by atoms with E-state index >= 15 is 0 Å². The van der Waals surface area contributed by atoms with Crippen LogP contribution in [-0.2, 0) is 11.2 Å². The van der Waals surface area contributed by atoms with Crippen molar-refractivity contribution in [3.8, 4) is 6.07 Å². The second kappa shape index (κ2) is 5.86. The fourth-order valence-electron chi connectivity index (χ4n) is 1.35. The van der Waals surface area contributed by atoms with Gasteiger partial charge in [0.2, 0.25) is 5.91 Å². The van der Waals surface area contributed by atoms with Crippen LogP contribution in [0.5, 0.6) is 0 Å². The van der Waals surface area contributed by atoms with Gasteiger partial charge in [0, 0.05) is 6.04 Å². The third-order valence-electron chi connectivity index (χ3n) is 2.06. The molecular weight excluding hydrogens is 207 g/mol. The molecule has 1 N–H and O–H groups in total. The van der Waals surface area contributed by atoms with Gasteiger partial charge >= 0.3 is 0 Å². The Morgan fingerprint density at radius 3 is 3.00 bits per heavy atom. The lowest BCUT2D eigenvalue weighted by Crippen LogP contribution is -2.33. The predicted octanol–water partition coefficient (Wildman–Crippen LogP) is 1.79. The predicted molar refractivity (Wildman–Crippen MR) is 57.9 cm³/mol. The van der Waals surface area contributed by atoms with Crippen LogP contribution in [0.3, 0.4) is 0 Å². The summed E-state index contributed by atoms with van der Waals surface area (Å²) in [5, 5.41) is 11.1. The number of nitrogens with zero attached hydrogens (tertiary/aromatic N) is 1. The van der Waals surface area contributed by atoms with Crippen molar-refractivity contribution in [1.82, 2.24) is 5.32 Å². The maximum atomic E-state index is 12.8. The van der Waals surface area contributed by atoms with Gasteiger partial charge in [0.15, 0.2) is 0 Å². The van der Waals surface area contributed by atoms with E-state index in [1.54, 1.807) is 19.1 Å². The van der Waals surface area contributed by atoms with Gasteiger partial charge in [-0.3, -0.25) is 4.79 Å². The number of nitriles is 1. The number of nitrogens with one attached hydrogen (secondary N) is 1. The lowest BCUT2D eigenvalue weighted by atomic mass is 10.1. The van der Waals surface area contributed by atoms with Crippen LogP contribution in [0.1, 0.15) is 18.9 Å². The highest BCUT2D eigenvalue weighted by molar-refractivity contribution is 5.78. The monoisotopic (exact) mass is 220 g/mol. The third-order valence-corrected chi connectivity index (χ3v) is 2.06. The normalized spacial score (nSPS) is 11.6. The highest BCUT2D eigenvalue weighted by Gasteiger charge is 2.07. The van der Waals surface area contributed by atoms with Crippen molar-refractivity contribution in [3.05, 3.63) is 35.6 Å². The van der Waals surface area contributed by atoms with E-state index < -0.39 is 0 Å². The minimum absolute atomic E-state index is 0.132. The zero-order valence-corrected chi connectivity index (χ0v) is 9.03. The van der Waals surface area contributed by atoms with Crippen molar-refractivity contribution in [3.63, 3.8) is 0 Å². The van der Waals surface area contributed by atoms with Crippen LogP contribution < -0.4 is 5.32 Å². The molecule has 0 spiro atoms. The lowest BCUT2D eigenvalue weighted by molar-refractivity contribution is -0.121. The average Bonchev–Trinajstić information content (AvgIpc) is 2.17. The Kier molecular flexibility index (Phi) is 4.46. The Morgan fingerprint density at radius 1 is 1.62 bits per heavy atom. The molecule has 0 aliphatic rings. The van der Waals surface area contributed by atoms with E-state index in [4.69, 9.17) is 5.26 Å². The molecule has 1 rings (SSSR count). The number of benzene rings is 1. The number of halogens is 1. The molecule has 1 aromatic rings. The Balaban J connectivity index is 2.49. The van der Waals surface area contributed by atoms with Crippen LogP contribution in [0.4, 0.5) is 4.39 Å². The van der Waals surface area contributed by atoms with Crippen molar-refractivity contribution in [2.24, 2.45) is 0 Å². The summed E-state index contributed by atoms with van der Waals surface area (Å²) in [6, 6.07) is 7.72. The van der Waals surface area contributed by atoms with E-state index in [-0.39, 0.29) is 30.6 Å². The molecule has 0 aliphatic carbocycles. The Labute approximate surface area is 93.9 Å². The molecule has 0 heterocycles. The summed E-state index contributed by atoms with van der Waals surface area (Å²) in [4.78, 5) is 11.5. The summed E-state index contributed by atoms with van der Waals surface area (Å²) in [7, 11) is 0. The van der Waals surface area contributed by atoms with Gasteiger partial charge in [-0.05, 0) is 24.6 Å². The molecule has 1 atom stereocenters. The number of rotatable bonds is 4. The second-order valence-electron chi connectivity index (χ2n) is 3.64. The summed E-state index contributed by atoms with van der Waals surface area (Å²) in [5.74, 6) is -0.552. The molecule has 0 bridgehead atoms. The first-order chi connectivity index (χ1) is 7.61. The van der Waals surface area contributed by atoms with Crippen molar-refractivity contribution < 1.29 is 9.18 Å². The van der Waals surface area contributed by atoms with Gasteiger partial charge in [-0.1, -0.05) is 12.1 Å². The Bertz CT molecular complexity index is 412. The van der Waals surface area contributed by atoms with E-state index in [1.165, 1.54) is 12.1 Å². The molecule has 0 saturated carbocycles. The summed E-state index contributed by atoms with van der Waals surface area (Å²) in [6.07, 6.45) is 0.405. The topological polar surface area (TPSA) is 52.9 Å². The quantitative estimate of drug-likeness (QED) is 0.841. The number of amides is 1. The van der Waals surface area contributed by atoms with Gasteiger partial charge in [0.05, 0.1) is 18.9 Å². The van der Waals surface area contributed by atoms with Crippen molar-refractivity contribution in [1.29, 1.82) is 5.26 Å². The molecule has 1 unspecified atom stereocenters. The number of carbonyl (C=O) groups excluding carboxylic acids is 1. The van der Waals surface area contributed by atoms with E-state index in [2.05, 4.69) is 5.32 Å². The fraction of sp³-hybridized carbons (Fsp3) is 0.333. The fourth-order valence-corrected chi connectivity index (χ4v) is 1.35. The van der Waals surface area contributed by atoms with E-state index in [9.17, 15) is 9.18 Å². The van der Waals surface area contributed by atoms with Crippen molar-refractivity contribution in [2.45, 2.75) is 25.8 Å². The molecular formula is C12H13FN2O. The summed E-state index contributed by atoms with van der Waals surface area (Å²) in [6.45, 7) is 1.76. The summed E-state index contributed by atoms with van der Waals surface area (Å²) in [5.41, 5.74) is 0.627. The Hall–Kier alpha value is -1.89. The van der Waals surface area contributed by atoms with Crippen LogP contribution in [0, 0.1) is 17.1 Å². The van der Waals surface area contributed by atoms with Gasteiger partial charge in [0.25, 0.3) is 0 Å². The van der Waals surface area contributed by atoms with E-state index in [1.807, 2.05) is 6.07 Å². The molecule has 16 heavy (non-hydrogen) atoms. The SMILES string of the molecule is CC(CC#N)NC(=O)Cc1cccc(F)c1. The second-order valence-corrected chi connectivity index (χ2v) is 3.64. The summed E-state index contributed by atoms with van der Waals surface area (Å²) >= 11 is 0. The molecule has 4 heteroatoms. The maximum Gasteiger partial charge on any atom is 0.224 e. The number of hydrogen-bond donors (Lipinski definition) is 1. The largest absolute Gasteiger partial charge is 0.352 e. The highest BCUT2D eigenvalue weighted by Crippen LogP contribution is 2.04. The van der Waals surface area contributed by atoms with Crippen LogP contribution >= 0.6 is 0 Å². The summed E-state index contributed by atoms with van der Waals surface area (Å²) < 4.78 is 12.8. The Morgan fingerprint density at radius 2 is 2.38 bits per heavy atom. The third kappa shape index (κ3) is 4.09. The van der Waals surface area contributed by atoms with E-state index in [0.29, 0.717) is 5.56 Å². The lowest BCUT2D eigenvalue weighted by Gasteiger charge is -2.10. The van der Waals surface area contributed by atoms with Crippen molar-refractivity contribution >= 4 is 5.91 Å². The zero-order chi connectivity index (χ0) is 12.0. The van der Waals surface area contributed by atoms with Crippen LogP contribution in [0.25, 0.3) is 0 Å². The standard InChI is InChI=1S/C12H13FN2O/c1-9(5-6-14)15-12(16)8-10-3-2-4-11(13)7-10/h2-4,7,9H,5,8H2,1H3,(H,15,16). The molecule has 0 aromatic heterocycles. The maximum absolute atomic E-state index is 12.8. The number of carbonyl (C=O) groups is 1. The molecule has 1 aromatic carbocycles. The molecule has 84 valence electrons. The first-order valence-corrected chi connectivity index (χ1v) is 5.02. The molecule has 0 saturated heterocycles. The molecule has 0 radical (unpaired) electrons. The first kappa shape index (κ1) is 12.2. The van der Waals surface area contributed by atoms with Gasteiger partial charge in [0.1, 0.15) is 5.82 Å². The average molecular weight is 220 g/mol. The van der Waals surface area contributed by atoms with Crippen LogP contribution in [0.2, 0.25) is 0 Å². The van der Waals surface area contributed by atoms with Gasteiger partial charge in [-0.2, -0.15) is 5.26 Å². The van der Waals surface area contributed by atoms with Crippen molar-refractivity contribution in [2.75, 3.05) is 0 Å².